The van der Waals surface area contributed by atoms with Crippen molar-refractivity contribution in [2.24, 2.45) is 0 Å². The predicted octanol–water partition coefficient (Wildman–Crippen LogP) is 11.6. The summed E-state index contributed by atoms with van der Waals surface area (Å²) in [5, 5.41) is 0. The highest BCUT2D eigenvalue weighted by atomic mass is 32.1. The van der Waals surface area contributed by atoms with E-state index in [0.717, 1.165) is 32.2 Å². The molecule has 2 aliphatic carbocycles. The Kier molecular flexibility index (Phi) is 7.24. The van der Waals surface area contributed by atoms with E-state index in [2.05, 4.69) is 115 Å². The first-order chi connectivity index (χ1) is 23.6. The number of Topliss-reactive ketones (excluding diaryl/α,β-unsaturated/α-hetero) is 2. The molecule has 0 radical (unpaired) electrons. The number of ketones is 2. The summed E-state index contributed by atoms with van der Waals surface area (Å²) in [6.45, 7) is 17.8. The van der Waals surface area contributed by atoms with Crippen molar-refractivity contribution in [3.05, 3.63) is 129 Å². The van der Waals surface area contributed by atoms with Crippen molar-refractivity contribution in [1.29, 1.82) is 0 Å². The number of hydrogen-bond acceptors (Lipinski definition) is 7. The van der Waals surface area contributed by atoms with Crippen LogP contribution in [0, 0.1) is 0 Å². The molecule has 0 atom stereocenters. The number of thiophene rings is 2. The van der Waals surface area contributed by atoms with Crippen molar-refractivity contribution in [1.82, 2.24) is 9.97 Å². The second-order valence-corrected chi connectivity index (χ2v) is 18.0. The Morgan fingerprint density at radius 3 is 1.78 bits per heavy atom. The van der Waals surface area contributed by atoms with Gasteiger partial charge in [-0.3, -0.25) is 14.5 Å². The molecule has 0 amide bonds. The van der Waals surface area contributed by atoms with Gasteiger partial charge in [-0.25, -0.2) is 9.97 Å². The molecule has 8 rings (SSSR count). The molecule has 3 aromatic heterocycles. The summed E-state index contributed by atoms with van der Waals surface area (Å²) in [5.41, 5.74) is 8.74. The van der Waals surface area contributed by atoms with E-state index >= 15 is 0 Å². The summed E-state index contributed by atoms with van der Waals surface area (Å²) < 4.78 is 2.31. The van der Waals surface area contributed by atoms with Crippen LogP contribution in [0.2, 0.25) is 0 Å². The zero-order valence-corrected chi connectivity index (χ0v) is 31.3. The number of rotatable bonds is 4. The number of benzene rings is 3. The van der Waals surface area contributed by atoms with E-state index in [9.17, 15) is 9.59 Å². The molecule has 5 nitrogen and oxygen atoms in total. The number of carbonyl (C=O) groups is 2. The number of fused-ring (bicyclic) bond motifs is 6. The van der Waals surface area contributed by atoms with Gasteiger partial charge in [0.25, 0.3) is 0 Å². The van der Waals surface area contributed by atoms with Crippen LogP contribution in [0.4, 0.5) is 17.3 Å². The van der Waals surface area contributed by atoms with Crippen LogP contribution in [0.1, 0.15) is 103 Å². The Morgan fingerprint density at radius 1 is 0.720 bits per heavy atom. The van der Waals surface area contributed by atoms with Crippen LogP contribution in [-0.4, -0.2) is 21.5 Å². The van der Waals surface area contributed by atoms with Gasteiger partial charge in [0.2, 0.25) is 5.95 Å². The molecule has 0 spiro atoms. The Bertz CT molecular complexity index is 2300. The summed E-state index contributed by atoms with van der Waals surface area (Å²) in [5.74, 6) is 0.229. The van der Waals surface area contributed by atoms with E-state index in [1.807, 2.05) is 6.20 Å². The molecule has 2 aliphatic rings. The zero-order chi connectivity index (χ0) is 35.3. The number of allylic oxidation sites excluding steroid dienone is 1. The minimum Gasteiger partial charge on any atom is -0.288 e. The van der Waals surface area contributed by atoms with Gasteiger partial charge in [0.1, 0.15) is 0 Å². The quantitative estimate of drug-likeness (QED) is 0.136. The summed E-state index contributed by atoms with van der Waals surface area (Å²) in [6.07, 6.45) is 3.76. The van der Waals surface area contributed by atoms with Gasteiger partial charge < -0.3 is 0 Å². The largest absolute Gasteiger partial charge is 0.288 e. The molecule has 0 bridgehead atoms. The van der Waals surface area contributed by atoms with Gasteiger partial charge in [-0.1, -0.05) is 104 Å². The second kappa shape index (κ2) is 11.1. The van der Waals surface area contributed by atoms with Gasteiger partial charge in [-0.2, -0.15) is 0 Å². The summed E-state index contributed by atoms with van der Waals surface area (Å²) >= 11 is 3.36. The molecule has 7 heteroatoms. The van der Waals surface area contributed by atoms with Crippen LogP contribution in [-0.2, 0) is 16.2 Å². The van der Waals surface area contributed by atoms with Gasteiger partial charge in [0, 0.05) is 59.7 Å². The van der Waals surface area contributed by atoms with Crippen molar-refractivity contribution >= 4 is 67.0 Å². The van der Waals surface area contributed by atoms with Gasteiger partial charge >= 0.3 is 0 Å². The minimum atomic E-state index is -0.386. The highest BCUT2D eigenvalue weighted by Gasteiger charge is 2.42. The molecule has 0 aliphatic heterocycles. The lowest BCUT2D eigenvalue weighted by atomic mass is 9.86. The molecule has 0 fully saturated rings. The SMILES string of the molecule is CC(C)(C)c1ccc(N(c2ccc(C(C)(C)C)cc2)c2ncc3c(n2)C(C)(C)c2c-3sc3cc(C=C4C(=O)c5ccccc5C4=O)sc23)cc1. The van der Waals surface area contributed by atoms with Gasteiger partial charge in [0.05, 0.1) is 16.0 Å². The van der Waals surface area contributed by atoms with E-state index in [4.69, 9.17) is 9.97 Å². The van der Waals surface area contributed by atoms with E-state index in [1.54, 1.807) is 53.0 Å². The van der Waals surface area contributed by atoms with Crippen LogP contribution in [0.3, 0.4) is 0 Å². The van der Waals surface area contributed by atoms with Crippen molar-refractivity contribution in [2.75, 3.05) is 4.90 Å². The molecule has 250 valence electrons. The topological polar surface area (TPSA) is 63.2 Å². The lowest BCUT2D eigenvalue weighted by Crippen LogP contribution is -2.20. The molecule has 50 heavy (non-hydrogen) atoms. The van der Waals surface area contributed by atoms with E-state index < -0.39 is 0 Å². The molecule has 0 saturated carbocycles. The van der Waals surface area contributed by atoms with Crippen molar-refractivity contribution in [2.45, 2.75) is 71.6 Å². The maximum atomic E-state index is 13.1. The first kappa shape index (κ1) is 32.5. The third kappa shape index (κ3) is 5.09. The van der Waals surface area contributed by atoms with Gasteiger partial charge in [-0.05, 0) is 58.4 Å². The lowest BCUT2D eigenvalue weighted by molar-refractivity contribution is 0.0990. The summed E-state index contributed by atoms with van der Waals surface area (Å²) in [4.78, 5) is 40.9. The monoisotopic (exact) mass is 693 g/mol. The molecule has 0 N–H and O–H groups in total. The molecule has 0 saturated heterocycles. The molecule has 3 aromatic carbocycles. The molecule has 6 aromatic rings. The third-order valence-electron chi connectivity index (χ3n) is 10.00. The van der Waals surface area contributed by atoms with Crippen molar-refractivity contribution in [3.63, 3.8) is 0 Å². The van der Waals surface area contributed by atoms with Crippen molar-refractivity contribution in [3.8, 4) is 10.4 Å². The zero-order valence-electron chi connectivity index (χ0n) is 29.6. The fourth-order valence-electron chi connectivity index (χ4n) is 7.12. The molecule has 0 unspecified atom stereocenters. The van der Waals surface area contributed by atoms with E-state index in [-0.39, 0.29) is 33.4 Å². The maximum absolute atomic E-state index is 13.1. The summed E-state index contributed by atoms with van der Waals surface area (Å²) in [6, 6.07) is 26.6. The fourth-order valence-corrected chi connectivity index (χ4v) is 10.0. The number of nitrogens with zero attached hydrogens (tertiary/aromatic N) is 3. The van der Waals surface area contributed by atoms with Crippen LogP contribution in [0.5, 0.6) is 0 Å². The maximum Gasteiger partial charge on any atom is 0.234 e. The molecule has 3 heterocycles. The predicted molar refractivity (Wildman–Crippen MR) is 208 cm³/mol. The smallest absolute Gasteiger partial charge is 0.234 e. The highest BCUT2D eigenvalue weighted by Crippen LogP contribution is 2.57. The number of anilines is 3. The second-order valence-electron chi connectivity index (χ2n) is 15.9. The van der Waals surface area contributed by atoms with Crippen molar-refractivity contribution < 1.29 is 9.59 Å². The summed E-state index contributed by atoms with van der Waals surface area (Å²) in [7, 11) is 0. The Labute approximate surface area is 301 Å². The van der Waals surface area contributed by atoms with Crippen LogP contribution >= 0.6 is 22.7 Å². The van der Waals surface area contributed by atoms with Gasteiger partial charge in [0.15, 0.2) is 11.6 Å². The first-order valence-corrected chi connectivity index (χ1v) is 18.6. The minimum absolute atomic E-state index is 0.0415. The average Bonchev–Trinajstić information content (AvgIpc) is 3.75. The standard InChI is InChI=1S/C43H39N3O2S2/c1-41(2,3)24-13-17-26(18-14-24)46(27-19-15-25(16-20-27)42(4,5)6)40-44-23-32-37-34(43(7,8)39(32)45-40)38-33(50-37)22-28(49-38)21-31-35(47)29-11-9-10-12-30(29)36(31)48/h9-23H,1-8H3. The number of hydrogen-bond donors (Lipinski definition) is 0. The highest BCUT2D eigenvalue weighted by molar-refractivity contribution is 7.30. The van der Waals surface area contributed by atoms with Crippen LogP contribution < -0.4 is 4.90 Å². The number of carbonyl (C=O) groups excluding carboxylic acids is 2. The van der Waals surface area contributed by atoms with E-state index in [1.165, 1.54) is 26.3 Å². The number of aromatic nitrogens is 2. The first-order valence-electron chi connectivity index (χ1n) is 17.0. The normalized spacial score (nSPS) is 15.0. The average molecular weight is 694 g/mol. The van der Waals surface area contributed by atoms with E-state index in [0.29, 0.717) is 17.1 Å². The molecular formula is C43H39N3O2S2. The van der Waals surface area contributed by atoms with Crippen LogP contribution in [0.25, 0.3) is 25.9 Å². The fraction of sp³-hybridized carbons (Fsp3) is 0.256. The van der Waals surface area contributed by atoms with Gasteiger partial charge in [-0.15, -0.1) is 22.7 Å². The third-order valence-corrected chi connectivity index (χ3v) is 12.4. The Balaban J connectivity index is 1.20. The Hall–Kier alpha value is -4.72. The molecular weight excluding hydrogens is 655 g/mol. The van der Waals surface area contributed by atoms with Crippen LogP contribution in [0.15, 0.2) is 90.6 Å². The lowest BCUT2D eigenvalue weighted by Gasteiger charge is -2.27. The Morgan fingerprint density at radius 2 is 1.26 bits per heavy atom.